The van der Waals surface area contributed by atoms with Gasteiger partial charge in [0.05, 0.1) is 39.8 Å². The van der Waals surface area contributed by atoms with Gasteiger partial charge in [0, 0.05) is 17.3 Å². The Morgan fingerprint density at radius 3 is 2.11 bits per heavy atom. The molecule has 8 aromatic rings. The molecule has 0 aliphatic heterocycles. The van der Waals surface area contributed by atoms with E-state index < -0.39 is 0 Å². The Labute approximate surface area is 211 Å². The van der Waals surface area contributed by atoms with Gasteiger partial charge in [0.15, 0.2) is 5.65 Å². The summed E-state index contributed by atoms with van der Waals surface area (Å²) in [6, 6.07) is 37.3. The number of rotatable bonds is 3. The molecule has 0 bridgehead atoms. The summed E-state index contributed by atoms with van der Waals surface area (Å²) in [7, 11) is 0. The van der Waals surface area contributed by atoms with Gasteiger partial charge in [-0.1, -0.05) is 54.6 Å². The van der Waals surface area contributed by atoms with Crippen LogP contribution in [0.2, 0.25) is 0 Å². The summed E-state index contributed by atoms with van der Waals surface area (Å²) in [6.07, 6.45) is 3.72. The first-order valence-electron chi connectivity index (χ1n) is 12.2. The lowest BCUT2D eigenvalue weighted by atomic mass is 10.2. The molecule has 5 heterocycles. The van der Waals surface area contributed by atoms with Crippen LogP contribution in [0.15, 0.2) is 122 Å². The fourth-order valence-electron chi connectivity index (χ4n) is 5.37. The second-order valence-corrected chi connectivity index (χ2v) is 9.05. The zero-order valence-electron chi connectivity index (χ0n) is 19.7. The second-order valence-electron chi connectivity index (χ2n) is 9.05. The SMILES string of the molecule is c1ccc(-n2c3c4ccccc4n(-c4ccc(-c5ccccn5)nc4)c3n3c4ccccc4nc23)cc1. The Morgan fingerprint density at radius 1 is 0.541 bits per heavy atom. The first-order valence-corrected chi connectivity index (χ1v) is 12.2. The van der Waals surface area contributed by atoms with Gasteiger partial charge in [-0.15, -0.1) is 0 Å². The summed E-state index contributed by atoms with van der Waals surface area (Å²) in [4.78, 5) is 14.3. The number of pyridine rings is 2. The zero-order chi connectivity index (χ0) is 24.3. The van der Waals surface area contributed by atoms with Crippen LogP contribution in [0.25, 0.3) is 61.6 Å². The number of aromatic nitrogens is 6. The molecule has 0 spiro atoms. The Kier molecular flexibility index (Phi) is 4.13. The molecule has 0 radical (unpaired) electrons. The van der Waals surface area contributed by atoms with E-state index in [1.54, 1.807) is 6.20 Å². The molecule has 0 amide bonds. The van der Waals surface area contributed by atoms with Crippen molar-refractivity contribution in [2.75, 3.05) is 0 Å². The fraction of sp³-hybridized carbons (Fsp3) is 0. The maximum Gasteiger partial charge on any atom is 0.221 e. The Hall–Kier alpha value is -5.23. The van der Waals surface area contributed by atoms with Crippen LogP contribution >= 0.6 is 0 Å². The second kappa shape index (κ2) is 7.63. The number of benzene rings is 3. The van der Waals surface area contributed by atoms with E-state index in [9.17, 15) is 0 Å². The molecule has 0 aliphatic carbocycles. The Balaban J connectivity index is 1.52. The molecular weight excluding hydrogens is 456 g/mol. The highest BCUT2D eigenvalue weighted by Crippen LogP contribution is 2.38. The first kappa shape index (κ1) is 20.0. The molecule has 0 unspecified atom stereocenters. The van der Waals surface area contributed by atoms with Crippen molar-refractivity contribution in [1.29, 1.82) is 0 Å². The summed E-state index contributed by atoms with van der Waals surface area (Å²) in [5.41, 5.74) is 9.07. The van der Waals surface area contributed by atoms with Gasteiger partial charge in [-0.3, -0.25) is 23.5 Å². The van der Waals surface area contributed by atoms with Crippen molar-refractivity contribution < 1.29 is 0 Å². The van der Waals surface area contributed by atoms with E-state index >= 15 is 0 Å². The Bertz CT molecular complexity index is 2060. The normalized spacial score (nSPS) is 11.8. The molecule has 3 aromatic carbocycles. The summed E-state index contributed by atoms with van der Waals surface area (Å²) in [6.45, 7) is 0. The van der Waals surface area contributed by atoms with Crippen LogP contribution in [0.5, 0.6) is 0 Å². The number of para-hydroxylation sites is 4. The minimum absolute atomic E-state index is 0.845. The van der Waals surface area contributed by atoms with Gasteiger partial charge >= 0.3 is 0 Å². The van der Waals surface area contributed by atoms with Gasteiger partial charge < -0.3 is 0 Å². The summed E-state index contributed by atoms with van der Waals surface area (Å²) in [5, 5.41) is 1.16. The van der Waals surface area contributed by atoms with Crippen LogP contribution in [-0.4, -0.2) is 28.5 Å². The van der Waals surface area contributed by atoms with Crippen molar-refractivity contribution in [2.45, 2.75) is 0 Å². The molecule has 0 saturated heterocycles. The monoisotopic (exact) mass is 476 g/mol. The third kappa shape index (κ3) is 2.84. The lowest BCUT2D eigenvalue weighted by Gasteiger charge is -2.08. The van der Waals surface area contributed by atoms with Crippen molar-refractivity contribution in [3.63, 3.8) is 0 Å². The topological polar surface area (TPSA) is 52.9 Å². The van der Waals surface area contributed by atoms with Crippen LogP contribution in [0.1, 0.15) is 0 Å². The third-order valence-corrected chi connectivity index (χ3v) is 6.95. The molecule has 5 aromatic heterocycles. The first-order chi connectivity index (χ1) is 18.4. The quantitative estimate of drug-likeness (QED) is 0.281. The van der Waals surface area contributed by atoms with E-state index in [-0.39, 0.29) is 0 Å². The third-order valence-electron chi connectivity index (χ3n) is 6.95. The molecule has 174 valence electrons. The van der Waals surface area contributed by atoms with E-state index in [1.807, 2.05) is 42.6 Å². The van der Waals surface area contributed by atoms with Gasteiger partial charge in [-0.05, 0) is 54.6 Å². The number of fused-ring (bicyclic) bond motifs is 7. The summed E-state index contributed by atoms with van der Waals surface area (Å²) in [5.74, 6) is 0.884. The van der Waals surface area contributed by atoms with Crippen molar-refractivity contribution in [3.05, 3.63) is 122 Å². The van der Waals surface area contributed by atoms with Crippen LogP contribution in [0, 0.1) is 0 Å². The maximum absolute atomic E-state index is 5.09. The largest absolute Gasteiger partial charge is 0.292 e. The molecule has 6 heteroatoms. The van der Waals surface area contributed by atoms with Crippen LogP contribution in [-0.2, 0) is 0 Å². The van der Waals surface area contributed by atoms with Gasteiger partial charge in [-0.25, -0.2) is 4.98 Å². The zero-order valence-corrected chi connectivity index (χ0v) is 19.7. The minimum atomic E-state index is 0.845. The highest BCUT2D eigenvalue weighted by atomic mass is 15.3. The Morgan fingerprint density at radius 2 is 1.30 bits per heavy atom. The highest BCUT2D eigenvalue weighted by molar-refractivity contribution is 6.10. The van der Waals surface area contributed by atoms with Crippen molar-refractivity contribution in [1.82, 2.24) is 28.5 Å². The number of nitrogens with zero attached hydrogens (tertiary/aromatic N) is 6. The summed E-state index contributed by atoms with van der Waals surface area (Å²) < 4.78 is 6.83. The predicted octanol–water partition coefficient (Wildman–Crippen LogP) is 6.83. The maximum atomic E-state index is 5.09. The van der Waals surface area contributed by atoms with Crippen molar-refractivity contribution >= 4 is 38.9 Å². The van der Waals surface area contributed by atoms with Crippen LogP contribution < -0.4 is 0 Å². The number of hydrogen-bond acceptors (Lipinski definition) is 3. The van der Waals surface area contributed by atoms with Gasteiger partial charge in [0.2, 0.25) is 5.78 Å². The molecular formula is C31H20N6. The van der Waals surface area contributed by atoms with Crippen LogP contribution in [0.3, 0.4) is 0 Å². The lowest BCUT2D eigenvalue weighted by Crippen LogP contribution is -1.98. The fourth-order valence-corrected chi connectivity index (χ4v) is 5.37. The molecule has 0 aliphatic rings. The van der Waals surface area contributed by atoms with E-state index in [0.29, 0.717) is 0 Å². The van der Waals surface area contributed by atoms with E-state index in [0.717, 1.165) is 61.6 Å². The molecule has 0 saturated carbocycles. The molecule has 0 fully saturated rings. The van der Waals surface area contributed by atoms with Crippen molar-refractivity contribution in [2.24, 2.45) is 0 Å². The molecule has 8 rings (SSSR count). The summed E-state index contributed by atoms with van der Waals surface area (Å²) >= 11 is 0. The average molecular weight is 477 g/mol. The molecule has 6 nitrogen and oxygen atoms in total. The van der Waals surface area contributed by atoms with Gasteiger partial charge in [0.25, 0.3) is 0 Å². The predicted molar refractivity (Wildman–Crippen MR) is 147 cm³/mol. The standard InChI is InChI=1S/C31H20N6/c1-2-10-21(11-3-1)36-29-23-12-4-6-15-27(23)35(22-17-18-25(33-20-22)24-13-8-9-19-32-24)30(29)37-28-16-7-5-14-26(28)34-31(36)37/h1-20H. The smallest absolute Gasteiger partial charge is 0.221 e. The minimum Gasteiger partial charge on any atom is -0.292 e. The lowest BCUT2D eigenvalue weighted by molar-refractivity contribution is 1.08. The average Bonchev–Trinajstić information content (AvgIpc) is 3.60. The van der Waals surface area contributed by atoms with Crippen LogP contribution in [0.4, 0.5) is 0 Å². The van der Waals surface area contributed by atoms with Crippen molar-refractivity contribution in [3.8, 4) is 22.8 Å². The van der Waals surface area contributed by atoms with E-state index in [2.05, 4.69) is 91.3 Å². The van der Waals surface area contributed by atoms with Gasteiger partial charge in [-0.2, -0.15) is 0 Å². The van der Waals surface area contributed by atoms with E-state index in [1.165, 1.54) is 0 Å². The number of imidazole rings is 2. The highest BCUT2D eigenvalue weighted by Gasteiger charge is 2.24. The molecule has 37 heavy (non-hydrogen) atoms. The van der Waals surface area contributed by atoms with E-state index in [4.69, 9.17) is 9.97 Å². The van der Waals surface area contributed by atoms with Gasteiger partial charge in [0.1, 0.15) is 5.52 Å². The molecule has 0 atom stereocenters. The number of hydrogen-bond donors (Lipinski definition) is 0. The molecule has 0 N–H and O–H groups in total.